The summed E-state index contributed by atoms with van der Waals surface area (Å²) in [5.41, 5.74) is 0. The lowest BCUT2D eigenvalue weighted by Gasteiger charge is -2.15. The number of rotatable bonds is 23. The van der Waals surface area contributed by atoms with Crippen molar-refractivity contribution in [1.82, 2.24) is 0 Å². The quantitative estimate of drug-likeness (QED) is 0.107. The largest absolute Gasteiger partial charge is 0.457 e. The molecule has 1 atom stereocenters. The second-order valence-electron chi connectivity index (χ2n) is 8.41. The van der Waals surface area contributed by atoms with Crippen LogP contribution in [0.15, 0.2) is 12.2 Å². The summed E-state index contributed by atoms with van der Waals surface area (Å²) >= 11 is 0. The summed E-state index contributed by atoms with van der Waals surface area (Å²) in [7, 11) is 0. The Labute approximate surface area is 186 Å². The maximum atomic E-state index is 11.9. The van der Waals surface area contributed by atoms with Crippen LogP contribution >= 0.6 is 0 Å². The van der Waals surface area contributed by atoms with Gasteiger partial charge < -0.3 is 14.6 Å². The van der Waals surface area contributed by atoms with Crippen molar-refractivity contribution in [2.24, 2.45) is 0 Å². The van der Waals surface area contributed by atoms with Crippen molar-refractivity contribution in [2.75, 3.05) is 19.8 Å². The topological polar surface area (TPSA) is 55.8 Å². The summed E-state index contributed by atoms with van der Waals surface area (Å²) in [4.78, 5) is 11.9. The first-order valence-electron chi connectivity index (χ1n) is 12.8. The molecule has 0 amide bonds. The molecule has 0 saturated heterocycles. The van der Waals surface area contributed by atoms with Crippen LogP contribution in [0.4, 0.5) is 0 Å². The highest BCUT2D eigenvalue weighted by atomic mass is 16.6. The van der Waals surface area contributed by atoms with E-state index in [-0.39, 0.29) is 12.6 Å². The zero-order valence-corrected chi connectivity index (χ0v) is 20.0. The summed E-state index contributed by atoms with van der Waals surface area (Å²) in [6.07, 6.45) is 23.7. The van der Waals surface area contributed by atoms with E-state index in [1.54, 1.807) is 0 Å². The number of ether oxygens (including phenoxy) is 2. The van der Waals surface area contributed by atoms with Gasteiger partial charge in [0.05, 0.1) is 13.2 Å². The number of hydrogen-bond acceptors (Lipinski definition) is 4. The van der Waals surface area contributed by atoms with Gasteiger partial charge in [-0.15, -0.1) is 0 Å². The summed E-state index contributed by atoms with van der Waals surface area (Å²) in [5.74, 6) is -0.216. The van der Waals surface area contributed by atoms with Crippen LogP contribution in [0.3, 0.4) is 0 Å². The summed E-state index contributed by atoms with van der Waals surface area (Å²) in [6.45, 7) is 5.25. The SMILES string of the molecule is CCCCC/C=C\CCCCCCCC(=O)OC(CO)COCCCCCCCC. The molecular formula is C26H50O4. The normalized spacial score (nSPS) is 12.5. The first-order chi connectivity index (χ1) is 14.7. The van der Waals surface area contributed by atoms with E-state index in [0.29, 0.717) is 19.6 Å². The first kappa shape index (κ1) is 29.1. The van der Waals surface area contributed by atoms with Crippen LogP contribution in [0.1, 0.15) is 123 Å². The van der Waals surface area contributed by atoms with Crippen molar-refractivity contribution in [2.45, 2.75) is 129 Å². The van der Waals surface area contributed by atoms with E-state index in [2.05, 4.69) is 26.0 Å². The molecule has 0 spiro atoms. The molecule has 0 aliphatic carbocycles. The van der Waals surface area contributed by atoms with Crippen LogP contribution < -0.4 is 0 Å². The van der Waals surface area contributed by atoms with E-state index in [9.17, 15) is 9.90 Å². The third-order valence-corrected chi connectivity index (χ3v) is 5.34. The number of aliphatic hydroxyl groups excluding tert-OH is 1. The predicted octanol–water partition coefficient (Wildman–Crippen LogP) is 7.13. The van der Waals surface area contributed by atoms with Gasteiger partial charge in [0.2, 0.25) is 0 Å². The Morgan fingerprint density at radius 2 is 1.30 bits per heavy atom. The van der Waals surface area contributed by atoms with Crippen molar-refractivity contribution in [3.63, 3.8) is 0 Å². The van der Waals surface area contributed by atoms with Gasteiger partial charge in [-0.1, -0.05) is 90.2 Å². The number of unbranched alkanes of at least 4 members (excludes halogenated alkanes) is 13. The first-order valence-corrected chi connectivity index (χ1v) is 12.8. The Bertz CT molecular complexity index is 381. The van der Waals surface area contributed by atoms with E-state index >= 15 is 0 Å². The number of allylic oxidation sites excluding steroid dienone is 2. The van der Waals surface area contributed by atoms with E-state index in [0.717, 1.165) is 19.3 Å². The monoisotopic (exact) mass is 426 g/mol. The molecule has 0 aromatic heterocycles. The molecule has 0 aliphatic heterocycles. The highest BCUT2D eigenvalue weighted by molar-refractivity contribution is 5.69. The molecular weight excluding hydrogens is 376 g/mol. The summed E-state index contributed by atoms with van der Waals surface area (Å²) in [6, 6.07) is 0. The molecule has 4 nitrogen and oxygen atoms in total. The summed E-state index contributed by atoms with van der Waals surface area (Å²) < 4.78 is 10.9. The number of hydrogen-bond donors (Lipinski definition) is 1. The van der Waals surface area contributed by atoms with Crippen molar-refractivity contribution < 1.29 is 19.4 Å². The molecule has 0 fully saturated rings. The molecule has 0 rings (SSSR count). The molecule has 0 radical (unpaired) electrons. The van der Waals surface area contributed by atoms with Gasteiger partial charge >= 0.3 is 5.97 Å². The Balaban J connectivity index is 3.49. The van der Waals surface area contributed by atoms with Crippen LogP contribution in [0.5, 0.6) is 0 Å². The fourth-order valence-electron chi connectivity index (χ4n) is 3.38. The molecule has 0 aromatic rings. The summed E-state index contributed by atoms with van der Waals surface area (Å²) in [5, 5.41) is 9.38. The molecule has 0 saturated carbocycles. The second-order valence-corrected chi connectivity index (χ2v) is 8.41. The maximum absolute atomic E-state index is 11.9. The molecule has 0 bridgehead atoms. The third kappa shape index (κ3) is 21.8. The molecule has 178 valence electrons. The Morgan fingerprint density at radius 1 is 0.767 bits per heavy atom. The van der Waals surface area contributed by atoms with E-state index in [1.807, 2.05) is 0 Å². The van der Waals surface area contributed by atoms with Gasteiger partial charge in [0, 0.05) is 13.0 Å². The zero-order valence-electron chi connectivity index (χ0n) is 20.0. The smallest absolute Gasteiger partial charge is 0.306 e. The lowest BCUT2D eigenvalue weighted by Crippen LogP contribution is -2.27. The van der Waals surface area contributed by atoms with Crippen LogP contribution in [0.25, 0.3) is 0 Å². The van der Waals surface area contributed by atoms with Gasteiger partial charge in [0.15, 0.2) is 0 Å². The third-order valence-electron chi connectivity index (χ3n) is 5.34. The number of aliphatic hydroxyl groups is 1. The van der Waals surface area contributed by atoms with Crippen LogP contribution in [-0.4, -0.2) is 37.0 Å². The zero-order chi connectivity index (χ0) is 22.1. The maximum Gasteiger partial charge on any atom is 0.306 e. The van der Waals surface area contributed by atoms with E-state index < -0.39 is 6.10 Å². The molecule has 0 heterocycles. The minimum atomic E-state index is -0.526. The van der Waals surface area contributed by atoms with Gasteiger partial charge in [-0.25, -0.2) is 0 Å². The van der Waals surface area contributed by atoms with Gasteiger partial charge in [0.1, 0.15) is 6.10 Å². The molecule has 0 aromatic carbocycles. The number of carbonyl (C=O) groups excluding carboxylic acids is 1. The van der Waals surface area contributed by atoms with E-state index in [1.165, 1.54) is 83.5 Å². The van der Waals surface area contributed by atoms with Gasteiger partial charge in [0.25, 0.3) is 0 Å². The highest BCUT2D eigenvalue weighted by Gasteiger charge is 2.13. The van der Waals surface area contributed by atoms with Gasteiger partial charge in [-0.3, -0.25) is 4.79 Å². The number of carbonyl (C=O) groups is 1. The highest BCUT2D eigenvalue weighted by Crippen LogP contribution is 2.10. The predicted molar refractivity (Wildman–Crippen MR) is 127 cm³/mol. The average Bonchev–Trinajstić information content (AvgIpc) is 2.75. The molecule has 30 heavy (non-hydrogen) atoms. The Kier molecular flexibility index (Phi) is 23.7. The lowest BCUT2D eigenvalue weighted by atomic mass is 10.1. The molecule has 0 aliphatic rings. The van der Waals surface area contributed by atoms with Crippen LogP contribution in [0, 0.1) is 0 Å². The van der Waals surface area contributed by atoms with Crippen LogP contribution in [0.2, 0.25) is 0 Å². The van der Waals surface area contributed by atoms with Gasteiger partial charge in [-0.2, -0.15) is 0 Å². The minimum absolute atomic E-state index is 0.172. The molecule has 4 heteroatoms. The van der Waals surface area contributed by atoms with Crippen molar-refractivity contribution in [3.05, 3.63) is 12.2 Å². The minimum Gasteiger partial charge on any atom is -0.457 e. The van der Waals surface area contributed by atoms with Crippen molar-refractivity contribution >= 4 is 5.97 Å². The lowest BCUT2D eigenvalue weighted by molar-refractivity contribution is -0.154. The fourth-order valence-corrected chi connectivity index (χ4v) is 3.38. The second kappa shape index (κ2) is 24.4. The van der Waals surface area contributed by atoms with E-state index in [4.69, 9.17) is 9.47 Å². The Hall–Kier alpha value is -0.870. The van der Waals surface area contributed by atoms with Crippen molar-refractivity contribution in [3.8, 4) is 0 Å². The van der Waals surface area contributed by atoms with Gasteiger partial charge in [-0.05, 0) is 38.5 Å². The Morgan fingerprint density at radius 3 is 1.97 bits per heavy atom. The van der Waals surface area contributed by atoms with Crippen molar-refractivity contribution in [1.29, 1.82) is 0 Å². The standard InChI is InChI=1S/C26H50O4/c1-3-5-7-9-11-12-13-14-15-16-17-19-21-26(28)30-25(23-27)24-29-22-20-18-10-8-6-4-2/h11-12,25,27H,3-10,13-24H2,1-2H3/b12-11-. The fraction of sp³-hybridized carbons (Fsp3) is 0.885. The molecule has 1 N–H and O–H groups in total. The van der Waals surface area contributed by atoms with Crippen LogP contribution in [-0.2, 0) is 14.3 Å². The molecule has 1 unspecified atom stereocenters. The number of esters is 1. The average molecular weight is 427 g/mol.